The molecule has 4 aliphatic carbocycles. The number of nitrogens with zero attached hydrogens (tertiary/aromatic N) is 1. The number of benzene rings is 1. The van der Waals surface area contributed by atoms with E-state index in [9.17, 15) is 14.3 Å². The van der Waals surface area contributed by atoms with Crippen molar-refractivity contribution in [2.45, 2.75) is 57.1 Å². The predicted molar refractivity (Wildman–Crippen MR) is 102 cm³/mol. The summed E-state index contributed by atoms with van der Waals surface area (Å²) in [6.07, 6.45) is 6.11. The molecular weight excluding hydrogens is 343 g/mol. The van der Waals surface area contributed by atoms with E-state index in [1.54, 1.807) is 12.1 Å². The average Bonchev–Trinajstić information content (AvgIpc) is 2.88. The molecule has 6 rings (SSSR count). The van der Waals surface area contributed by atoms with Crippen LogP contribution in [0.3, 0.4) is 0 Å². The Morgan fingerprint density at radius 3 is 2.63 bits per heavy atom. The summed E-state index contributed by atoms with van der Waals surface area (Å²) < 4.78 is 15.3. The van der Waals surface area contributed by atoms with Crippen LogP contribution in [0.2, 0.25) is 0 Å². The Hall–Kier alpha value is -1.88. The molecule has 0 saturated heterocycles. The molecular formula is C22H27FN2O2. The first-order chi connectivity index (χ1) is 12.8. The highest BCUT2D eigenvalue weighted by Gasteiger charge is 2.59. The van der Waals surface area contributed by atoms with Gasteiger partial charge in [0.25, 0.3) is 5.91 Å². The molecule has 2 N–H and O–H groups in total. The number of aromatic nitrogens is 1. The van der Waals surface area contributed by atoms with E-state index in [1.807, 2.05) is 11.6 Å². The first-order valence-corrected chi connectivity index (χ1v) is 10.1. The van der Waals surface area contributed by atoms with Crippen LogP contribution >= 0.6 is 0 Å². The molecule has 0 radical (unpaired) electrons. The molecule has 1 aromatic heterocycles. The number of carbonyl (C=O) groups excluding carboxylic acids is 1. The smallest absolute Gasteiger partial charge is 0.268 e. The number of aliphatic hydroxyl groups is 1. The molecule has 144 valence electrons. The van der Waals surface area contributed by atoms with Crippen LogP contribution in [0.1, 0.15) is 55.9 Å². The maximum Gasteiger partial charge on any atom is 0.268 e. The van der Waals surface area contributed by atoms with Gasteiger partial charge in [-0.25, -0.2) is 4.39 Å². The number of nitrogens with one attached hydrogen (secondary N) is 1. The lowest BCUT2D eigenvalue weighted by atomic mass is 9.46. The normalized spacial score (nSPS) is 35.6. The molecule has 0 unspecified atom stereocenters. The van der Waals surface area contributed by atoms with Crippen LogP contribution in [0, 0.1) is 23.1 Å². The Labute approximate surface area is 158 Å². The Kier molecular flexibility index (Phi) is 3.55. The van der Waals surface area contributed by atoms with Gasteiger partial charge in [0, 0.05) is 24.0 Å². The van der Waals surface area contributed by atoms with E-state index in [-0.39, 0.29) is 23.2 Å². The lowest BCUT2D eigenvalue weighted by Crippen LogP contribution is -2.61. The minimum Gasteiger partial charge on any atom is -0.390 e. The second kappa shape index (κ2) is 5.57. The summed E-state index contributed by atoms with van der Waals surface area (Å²) in [5, 5.41) is 14.9. The second-order valence-electron chi connectivity index (χ2n) is 9.53. The van der Waals surface area contributed by atoms with Crippen molar-refractivity contribution in [1.29, 1.82) is 0 Å². The van der Waals surface area contributed by atoms with Gasteiger partial charge in [-0.3, -0.25) is 4.79 Å². The van der Waals surface area contributed by atoms with Crippen molar-refractivity contribution in [2.75, 3.05) is 0 Å². The highest BCUT2D eigenvalue weighted by atomic mass is 19.1. The summed E-state index contributed by atoms with van der Waals surface area (Å²) in [4.78, 5) is 13.0. The first-order valence-electron chi connectivity index (χ1n) is 10.1. The van der Waals surface area contributed by atoms with Gasteiger partial charge in [-0.05, 0) is 87.0 Å². The number of carbonyl (C=O) groups is 1. The topological polar surface area (TPSA) is 54.3 Å². The third-order valence-corrected chi connectivity index (χ3v) is 7.58. The van der Waals surface area contributed by atoms with Crippen LogP contribution in [0.4, 0.5) is 4.39 Å². The van der Waals surface area contributed by atoms with E-state index in [0.29, 0.717) is 17.5 Å². The van der Waals surface area contributed by atoms with E-state index in [4.69, 9.17) is 0 Å². The first kappa shape index (κ1) is 17.2. The molecule has 4 saturated carbocycles. The molecule has 1 amide bonds. The number of fused-ring (bicyclic) bond motifs is 1. The third kappa shape index (κ3) is 2.62. The van der Waals surface area contributed by atoms with Crippen molar-refractivity contribution in [3.63, 3.8) is 0 Å². The minimum absolute atomic E-state index is 0.00515. The zero-order chi connectivity index (χ0) is 19.0. The monoisotopic (exact) mass is 370 g/mol. The molecule has 4 aliphatic rings. The fourth-order valence-electron chi connectivity index (χ4n) is 6.75. The lowest BCUT2D eigenvalue weighted by molar-refractivity contribution is -0.171. The molecule has 1 heterocycles. The number of rotatable bonds is 3. The van der Waals surface area contributed by atoms with Crippen molar-refractivity contribution in [1.82, 2.24) is 9.88 Å². The van der Waals surface area contributed by atoms with Gasteiger partial charge >= 0.3 is 0 Å². The van der Waals surface area contributed by atoms with Gasteiger partial charge in [0.1, 0.15) is 11.5 Å². The van der Waals surface area contributed by atoms with E-state index in [2.05, 4.69) is 12.2 Å². The standard InChI is InChI=1S/C22H27FN2O2/c1-13(21-8-14-5-15(9-21)11-22(27,10-14)12-21)24-20(26)19-7-16-6-17(23)3-4-18(16)25(19)2/h3-4,6-7,13-15,27H,5,8-12H2,1-2H3,(H,24,26)/t13-,14-,15-,21?,22?/m1/s1. The maximum absolute atomic E-state index is 13.5. The third-order valence-electron chi connectivity index (χ3n) is 7.58. The highest BCUT2D eigenvalue weighted by molar-refractivity contribution is 5.98. The fraction of sp³-hybridized carbons (Fsp3) is 0.591. The molecule has 1 aromatic carbocycles. The number of aryl methyl sites for hydroxylation is 1. The van der Waals surface area contributed by atoms with Crippen LogP contribution in [0.15, 0.2) is 24.3 Å². The van der Waals surface area contributed by atoms with Gasteiger partial charge in [0.05, 0.1) is 5.60 Å². The summed E-state index contributed by atoms with van der Waals surface area (Å²) in [7, 11) is 1.84. The number of hydrogen-bond donors (Lipinski definition) is 2. The van der Waals surface area contributed by atoms with E-state index >= 15 is 0 Å². The van der Waals surface area contributed by atoms with Crippen LogP contribution in [-0.2, 0) is 7.05 Å². The zero-order valence-electron chi connectivity index (χ0n) is 16.0. The Balaban J connectivity index is 1.41. The largest absolute Gasteiger partial charge is 0.390 e. The van der Waals surface area contributed by atoms with Crippen molar-refractivity contribution in [2.24, 2.45) is 24.3 Å². The molecule has 0 aliphatic heterocycles. The van der Waals surface area contributed by atoms with Crippen molar-refractivity contribution in [3.8, 4) is 0 Å². The van der Waals surface area contributed by atoms with Crippen LogP contribution in [0.5, 0.6) is 0 Å². The van der Waals surface area contributed by atoms with Gasteiger partial charge in [0.15, 0.2) is 0 Å². The van der Waals surface area contributed by atoms with Crippen molar-refractivity contribution in [3.05, 3.63) is 35.8 Å². The molecule has 4 nitrogen and oxygen atoms in total. The van der Waals surface area contributed by atoms with Gasteiger partial charge in [-0.1, -0.05) is 0 Å². The molecule has 3 atom stereocenters. The van der Waals surface area contributed by atoms with Crippen molar-refractivity contribution < 1.29 is 14.3 Å². The zero-order valence-corrected chi connectivity index (χ0v) is 16.0. The number of hydrogen-bond acceptors (Lipinski definition) is 2. The van der Waals surface area contributed by atoms with Gasteiger partial charge in [-0.2, -0.15) is 0 Å². The Bertz CT molecular complexity index is 920. The van der Waals surface area contributed by atoms with Crippen LogP contribution < -0.4 is 5.32 Å². The maximum atomic E-state index is 13.5. The molecule has 0 spiro atoms. The SMILES string of the molecule is C[C@@H](NC(=O)c1cc2cc(F)ccc2n1C)C12C[C@H]3C[C@@H](CC(O)(C3)C1)C2. The Morgan fingerprint density at radius 2 is 1.96 bits per heavy atom. The molecule has 27 heavy (non-hydrogen) atoms. The minimum atomic E-state index is -0.528. The lowest BCUT2D eigenvalue weighted by Gasteiger charge is -2.62. The van der Waals surface area contributed by atoms with E-state index < -0.39 is 5.60 Å². The number of halogens is 1. The fourth-order valence-corrected chi connectivity index (χ4v) is 6.75. The summed E-state index contributed by atoms with van der Waals surface area (Å²) in [5.41, 5.74) is 0.870. The molecule has 4 bridgehead atoms. The van der Waals surface area contributed by atoms with E-state index in [0.717, 1.165) is 43.0 Å². The predicted octanol–water partition coefficient (Wildman–Crippen LogP) is 3.77. The van der Waals surface area contributed by atoms with Crippen molar-refractivity contribution >= 4 is 16.8 Å². The van der Waals surface area contributed by atoms with Gasteiger partial charge in [0.2, 0.25) is 0 Å². The van der Waals surface area contributed by atoms with Crippen LogP contribution in [0.25, 0.3) is 10.9 Å². The summed E-state index contributed by atoms with van der Waals surface area (Å²) >= 11 is 0. The summed E-state index contributed by atoms with van der Waals surface area (Å²) in [6, 6.07) is 6.36. The molecule has 5 heteroatoms. The van der Waals surface area contributed by atoms with E-state index in [1.165, 1.54) is 18.6 Å². The van der Waals surface area contributed by atoms with Crippen LogP contribution in [-0.4, -0.2) is 27.2 Å². The highest BCUT2D eigenvalue weighted by Crippen LogP contribution is 2.62. The van der Waals surface area contributed by atoms with Gasteiger partial charge < -0.3 is 15.0 Å². The number of amides is 1. The molecule has 2 aromatic rings. The summed E-state index contributed by atoms with van der Waals surface area (Å²) in [5.74, 6) is 0.770. The van der Waals surface area contributed by atoms with Gasteiger partial charge in [-0.15, -0.1) is 0 Å². The summed E-state index contributed by atoms with van der Waals surface area (Å²) in [6.45, 7) is 2.09. The second-order valence-corrected chi connectivity index (χ2v) is 9.53. The average molecular weight is 370 g/mol. The Morgan fingerprint density at radius 1 is 1.26 bits per heavy atom. The molecule has 4 fully saturated rings. The quantitative estimate of drug-likeness (QED) is 0.864.